The van der Waals surface area contributed by atoms with Crippen LogP contribution in [-0.4, -0.2) is 35.1 Å². The lowest BCUT2D eigenvalue weighted by Crippen LogP contribution is -2.43. The molecule has 0 aliphatic carbocycles. The van der Waals surface area contributed by atoms with Crippen molar-refractivity contribution in [3.05, 3.63) is 81.3 Å². The molecule has 3 rings (SSSR count). The Balaban J connectivity index is 1.50. The molecule has 1 aromatic carbocycles. The van der Waals surface area contributed by atoms with Gasteiger partial charge in [0, 0.05) is 36.8 Å². The van der Waals surface area contributed by atoms with E-state index in [0.29, 0.717) is 18.3 Å². The maximum absolute atomic E-state index is 12.4. The molecule has 3 N–H and O–H groups in total. The molecule has 160 valence electrons. The summed E-state index contributed by atoms with van der Waals surface area (Å²) < 4.78 is 1.75. The summed E-state index contributed by atoms with van der Waals surface area (Å²) in [6.07, 6.45) is 7.53. The molecule has 0 amide bonds. The molecule has 1 saturated heterocycles. The predicted molar refractivity (Wildman–Crippen MR) is 127 cm³/mol. The molecule has 6 heteroatoms. The number of rotatable bonds is 8. The summed E-state index contributed by atoms with van der Waals surface area (Å²) in [5.41, 5.74) is 9.79. The number of aromatic nitrogens is 1. The normalized spacial score (nSPS) is 15.7. The number of nitrogens with one attached hydrogen (secondary N) is 1. The Morgan fingerprint density at radius 2 is 2.00 bits per heavy atom. The monoisotopic (exact) mass is 426 g/mol. The minimum Gasteiger partial charge on any atom is -0.397 e. The number of allylic oxidation sites excluding steroid dienone is 2. The lowest BCUT2D eigenvalue weighted by Gasteiger charge is -2.32. The zero-order chi connectivity index (χ0) is 21.5. The Hall–Kier alpha value is -2.34. The molecule has 0 radical (unpaired) electrons. The van der Waals surface area contributed by atoms with Crippen molar-refractivity contribution in [2.75, 3.05) is 25.4 Å². The quantitative estimate of drug-likeness (QED) is 0.629. The van der Waals surface area contributed by atoms with Gasteiger partial charge in [0.15, 0.2) is 0 Å². The average Bonchev–Trinajstić information content (AvgIpc) is 2.75. The van der Waals surface area contributed by atoms with Crippen LogP contribution in [0.15, 0.2) is 53.9 Å². The van der Waals surface area contributed by atoms with Crippen molar-refractivity contribution in [3.8, 4) is 0 Å². The maximum Gasteiger partial charge on any atom is 0.251 e. The van der Waals surface area contributed by atoms with Crippen LogP contribution in [0.2, 0.25) is 5.02 Å². The van der Waals surface area contributed by atoms with Crippen LogP contribution in [0.25, 0.3) is 6.08 Å². The maximum atomic E-state index is 12.4. The van der Waals surface area contributed by atoms with Gasteiger partial charge < -0.3 is 20.5 Å². The molecule has 0 saturated carbocycles. The summed E-state index contributed by atoms with van der Waals surface area (Å²) in [5.74, 6) is 0. The minimum atomic E-state index is -0.0253. The molecule has 0 spiro atoms. The van der Waals surface area contributed by atoms with E-state index in [2.05, 4.69) is 28.9 Å². The number of pyridine rings is 1. The van der Waals surface area contributed by atoms with Gasteiger partial charge in [0.2, 0.25) is 0 Å². The van der Waals surface area contributed by atoms with Gasteiger partial charge >= 0.3 is 0 Å². The Bertz CT molecular complexity index is 958. The van der Waals surface area contributed by atoms with E-state index in [1.54, 1.807) is 22.8 Å². The first-order valence-electron chi connectivity index (χ1n) is 10.5. The van der Waals surface area contributed by atoms with Crippen molar-refractivity contribution in [1.29, 1.82) is 0 Å². The molecule has 0 atom stereocenters. The largest absolute Gasteiger partial charge is 0.397 e. The van der Waals surface area contributed by atoms with Gasteiger partial charge in [0.05, 0.1) is 11.4 Å². The molecule has 1 aromatic heterocycles. The fourth-order valence-electron chi connectivity index (χ4n) is 3.87. The van der Waals surface area contributed by atoms with Crippen LogP contribution < -0.4 is 16.6 Å². The third-order valence-corrected chi connectivity index (χ3v) is 6.12. The predicted octanol–water partition coefficient (Wildman–Crippen LogP) is 3.85. The number of halogens is 1. The first kappa shape index (κ1) is 22.3. The number of benzene rings is 1. The van der Waals surface area contributed by atoms with Crippen molar-refractivity contribution in [2.45, 2.75) is 38.9 Å². The molecule has 2 heterocycles. The number of hydrogen-bond donors (Lipinski definition) is 2. The number of likely N-dealkylation sites (tertiary alicyclic amines) is 1. The van der Waals surface area contributed by atoms with Crippen LogP contribution in [0.5, 0.6) is 0 Å². The molecule has 0 unspecified atom stereocenters. The summed E-state index contributed by atoms with van der Waals surface area (Å²) in [5, 5.41) is 4.48. The number of aryl methyl sites for hydroxylation is 1. The van der Waals surface area contributed by atoms with Crippen molar-refractivity contribution in [2.24, 2.45) is 0 Å². The first-order chi connectivity index (χ1) is 14.5. The van der Waals surface area contributed by atoms with Gasteiger partial charge in [-0.1, -0.05) is 42.5 Å². The lowest BCUT2D eigenvalue weighted by atomic mass is 10.0. The molecular weight excluding hydrogens is 396 g/mol. The van der Waals surface area contributed by atoms with E-state index in [-0.39, 0.29) is 5.56 Å². The SMILES string of the molecule is C=C/C=C\c1c(N)ccc(=O)n1CCN1CCC(NCc2ccc(Cl)c(C)c2)CC1. The number of anilines is 1. The van der Waals surface area contributed by atoms with E-state index in [9.17, 15) is 4.79 Å². The highest BCUT2D eigenvalue weighted by atomic mass is 35.5. The Morgan fingerprint density at radius 3 is 2.70 bits per heavy atom. The second-order valence-electron chi connectivity index (χ2n) is 7.84. The molecule has 1 fully saturated rings. The molecular formula is C24H31ClN4O. The van der Waals surface area contributed by atoms with Gasteiger partial charge in [-0.05, 0) is 62.2 Å². The van der Waals surface area contributed by atoms with E-state index >= 15 is 0 Å². The summed E-state index contributed by atoms with van der Waals surface area (Å²) in [6, 6.07) is 9.91. The van der Waals surface area contributed by atoms with Crippen LogP contribution in [0, 0.1) is 6.92 Å². The summed E-state index contributed by atoms with van der Waals surface area (Å²) in [4.78, 5) is 14.8. The third kappa shape index (κ3) is 5.85. The van der Waals surface area contributed by atoms with Gasteiger partial charge in [-0.25, -0.2) is 0 Å². The van der Waals surface area contributed by atoms with Crippen molar-refractivity contribution in [1.82, 2.24) is 14.8 Å². The number of hydrogen-bond acceptors (Lipinski definition) is 4. The molecule has 30 heavy (non-hydrogen) atoms. The molecule has 1 aliphatic heterocycles. The zero-order valence-corrected chi connectivity index (χ0v) is 18.4. The highest BCUT2D eigenvalue weighted by Crippen LogP contribution is 2.17. The van der Waals surface area contributed by atoms with Crippen LogP contribution in [0.1, 0.15) is 29.7 Å². The summed E-state index contributed by atoms with van der Waals surface area (Å²) in [6.45, 7) is 10.1. The van der Waals surface area contributed by atoms with Gasteiger partial charge in [-0.15, -0.1) is 0 Å². The number of nitrogen functional groups attached to an aromatic ring is 1. The number of piperidine rings is 1. The molecule has 0 bridgehead atoms. The van der Waals surface area contributed by atoms with Crippen molar-refractivity contribution >= 4 is 23.4 Å². The van der Waals surface area contributed by atoms with Crippen LogP contribution in [0.4, 0.5) is 5.69 Å². The summed E-state index contributed by atoms with van der Waals surface area (Å²) >= 11 is 6.11. The number of nitrogens with zero attached hydrogens (tertiary/aromatic N) is 2. The topological polar surface area (TPSA) is 63.3 Å². The van der Waals surface area contributed by atoms with E-state index in [1.807, 2.05) is 19.1 Å². The van der Waals surface area contributed by atoms with Crippen LogP contribution >= 0.6 is 11.6 Å². The highest BCUT2D eigenvalue weighted by Gasteiger charge is 2.19. The molecule has 2 aromatic rings. The zero-order valence-electron chi connectivity index (χ0n) is 17.6. The molecule has 5 nitrogen and oxygen atoms in total. The highest BCUT2D eigenvalue weighted by molar-refractivity contribution is 6.31. The van der Waals surface area contributed by atoms with E-state index in [1.165, 1.54) is 11.6 Å². The van der Waals surface area contributed by atoms with Gasteiger partial charge in [0.25, 0.3) is 5.56 Å². The van der Waals surface area contributed by atoms with E-state index in [4.69, 9.17) is 17.3 Å². The van der Waals surface area contributed by atoms with Gasteiger partial charge in [-0.2, -0.15) is 0 Å². The Morgan fingerprint density at radius 1 is 1.23 bits per heavy atom. The van der Waals surface area contributed by atoms with Crippen LogP contribution in [-0.2, 0) is 13.1 Å². The standard InChI is InChI=1S/C24H31ClN4O/c1-3-4-5-23-22(26)8-9-24(30)29(23)15-14-28-12-10-20(11-13-28)27-17-19-6-7-21(25)18(2)16-19/h3-9,16,20,27H,1,10-15,17,26H2,2H3/b5-4-. The van der Waals surface area contributed by atoms with E-state index in [0.717, 1.165) is 55.3 Å². The minimum absolute atomic E-state index is 0.0253. The van der Waals surface area contributed by atoms with E-state index < -0.39 is 0 Å². The molecule has 1 aliphatic rings. The summed E-state index contributed by atoms with van der Waals surface area (Å²) in [7, 11) is 0. The lowest BCUT2D eigenvalue weighted by molar-refractivity contribution is 0.190. The second-order valence-corrected chi connectivity index (χ2v) is 8.25. The number of nitrogens with two attached hydrogens (primary N) is 1. The van der Waals surface area contributed by atoms with Crippen molar-refractivity contribution < 1.29 is 0 Å². The second kappa shape index (κ2) is 10.6. The van der Waals surface area contributed by atoms with Crippen LogP contribution in [0.3, 0.4) is 0 Å². The van der Waals surface area contributed by atoms with Gasteiger partial charge in [-0.3, -0.25) is 4.79 Å². The smallest absolute Gasteiger partial charge is 0.251 e. The fourth-order valence-corrected chi connectivity index (χ4v) is 3.99. The fraction of sp³-hybridized carbons (Fsp3) is 0.375. The average molecular weight is 427 g/mol. The van der Waals surface area contributed by atoms with Gasteiger partial charge in [0.1, 0.15) is 0 Å². The Kier molecular flexibility index (Phi) is 7.91. The third-order valence-electron chi connectivity index (χ3n) is 5.69. The Labute approximate surface area is 183 Å². The van der Waals surface area contributed by atoms with Crippen molar-refractivity contribution in [3.63, 3.8) is 0 Å². The first-order valence-corrected chi connectivity index (χ1v) is 10.8.